The maximum Gasteiger partial charge on any atom is 0.330 e. The van der Waals surface area contributed by atoms with Crippen molar-refractivity contribution in [1.29, 1.82) is 0 Å². The molecule has 24 heavy (non-hydrogen) atoms. The number of esters is 1. The summed E-state index contributed by atoms with van der Waals surface area (Å²) in [5.74, 6) is -0.157. The number of nitrogens with one attached hydrogen (secondary N) is 1. The lowest BCUT2D eigenvalue weighted by Crippen LogP contribution is -2.44. The van der Waals surface area contributed by atoms with Gasteiger partial charge in [-0.25, -0.2) is 4.79 Å². The summed E-state index contributed by atoms with van der Waals surface area (Å²) in [6.07, 6.45) is 2.32. The van der Waals surface area contributed by atoms with Crippen LogP contribution in [-0.2, 0) is 19.1 Å². The minimum absolute atomic E-state index is 0.0234. The molecule has 3 atom stereocenters. The van der Waals surface area contributed by atoms with Crippen molar-refractivity contribution >= 4 is 29.5 Å². The molecular weight excluding hydrogens is 332 g/mol. The molecule has 2 heterocycles. The molecule has 1 aromatic rings. The zero-order chi connectivity index (χ0) is 17.7. The summed E-state index contributed by atoms with van der Waals surface area (Å²) in [6, 6.07) is 2.80. The molecule has 0 radical (unpaired) electrons. The molecule has 0 unspecified atom stereocenters. The third-order valence-electron chi connectivity index (χ3n) is 3.79. The molecule has 2 amide bonds. The number of hydrogen-bond acceptors (Lipinski definition) is 6. The number of carbonyl (C=O) groups excluding carboxylic acids is 3. The molecule has 1 fully saturated rings. The van der Waals surface area contributed by atoms with Crippen LogP contribution >= 0.6 is 11.8 Å². The number of amides is 2. The Bertz CT molecular complexity index is 589. The van der Waals surface area contributed by atoms with E-state index in [0.29, 0.717) is 11.5 Å². The zero-order valence-corrected chi connectivity index (χ0v) is 14.8. The van der Waals surface area contributed by atoms with E-state index in [1.165, 1.54) is 29.8 Å². The molecule has 132 valence electrons. The Labute approximate surface area is 145 Å². The third-order valence-corrected chi connectivity index (χ3v) is 5.07. The van der Waals surface area contributed by atoms with Crippen molar-refractivity contribution in [3.05, 3.63) is 24.2 Å². The van der Waals surface area contributed by atoms with Crippen LogP contribution in [0.1, 0.15) is 38.3 Å². The first-order chi connectivity index (χ1) is 11.4. The predicted molar refractivity (Wildman–Crippen MR) is 89.1 cm³/mol. The van der Waals surface area contributed by atoms with E-state index >= 15 is 0 Å². The van der Waals surface area contributed by atoms with Crippen LogP contribution in [0.15, 0.2) is 22.8 Å². The Balaban J connectivity index is 1.96. The average molecular weight is 354 g/mol. The van der Waals surface area contributed by atoms with Crippen LogP contribution in [-0.4, -0.2) is 47.1 Å². The summed E-state index contributed by atoms with van der Waals surface area (Å²) in [5.41, 5.74) is 0. The highest BCUT2D eigenvalue weighted by Crippen LogP contribution is 2.41. The number of hydrogen-bond donors (Lipinski definition) is 1. The molecule has 0 aromatic carbocycles. The van der Waals surface area contributed by atoms with Gasteiger partial charge in [0.25, 0.3) is 5.91 Å². The lowest BCUT2D eigenvalue weighted by molar-refractivity contribution is -0.156. The first-order valence-electron chi connectivity index (χ1n) is 7.84. The number of ether oxygens (including phenoxy) is 1. The van der Waals surface area contributed by atoms with Gasteiger partial charge >= 0.3 is 5.97 Å². The van der Waals surface area contributed by atoms with Gasteiger partial charge in [0.2, 0.25) is 5.91 Å². The van der Waals surface area contributed by atoms with E-state index in [9.17, 15) is 14.4 Å². The number of carbonyl (C=O) groups is 3. The molecule has 1 saturated heterocycles. The topological polar surface area (TPSA) is 88.8 Å². The maximum absolute atomic E-state index is 12.3. The number of furan rings is 1. The fraction of sp³-hybridized carbons (Fsp3) is 0.562. The van der Waals surface area contributed by atoms with Crippen LogP contribution < -0.4 is 5.32 Å². The van der Waals surface area contributed by atoms with E-state index in [4.69, 9.17) is 9.15 Å². The second-order valence-electron chi connectivity index (χ2n) is 5.63. The highest BCUT2D eigenvalue weighted by molar-refractivity contribution is 7.99. The first kappa shape index (κ1) is 18.4. The lowest BCUT2D eigenvalue weighted by Gasteiger charge is -2.25. The van der Waals surface area contributed by atoms with Crippen molar-refractivity contribution in [1.82, 2.24) is 10.2 Å². The second-order valence-corrected chi connectivity index (χ2v) is 6.74. The fourth-order valence-electron chi connectivity index (χ4n) is 2.37. The predicted octanol–water partition coefficient (Wildman–Crippen LogP) is 1.70. The largest absolute Gasteiger partial charge is 0.466 e. The van der Waals surface area contributed by atoms with Crippen LogP contribution in [0.5, 0.6) is 0 Å². The molecule has 0 aliphatic carbocycles. The van der Waals surface area contributed by atoms with Crippen molar-refractivity contribution < 1.29 is 23.5 Å². The van der Waals surface area contributed by atoms with Crippen LogP contribution in [0.25, 0.3) is 0 Å². The van der Waals surface area contributed by atoms with Crippen molar-refractivity contribution in [3.63, 3.8) is 0 Å². The van der Waals surface area contributed by atoms with Crippen LogP contribution in [0, 0.1) is 0 Å². The van der Waals surface area contributed by atoms with Crippen LogP contribution in [0.2, 0.25) is 0 Å². The van der Waals surface area contributed by atoms with Gasteiger partial charge in [-0.3, -0.25) is 9.59 Å². The Morgan fingerprint density at radius 3 is 2.83 bits per heavy atom. The Kier molecular flexibility index (Phi) is 6.30. The van der Waals surface area contributed by atoms with Crippen LogP contribution in [0.4, 0.5) is 0 Å². The summed E-state index contributed by atoms with van der Waals surface area (Å²) in [7, 11) is 0. The second kappa shape index (κ2) is 8.23. The minimum Gasteiger partial charge on any atom is -0.466 e. The molecule has 8 heteroatoms. The van der Waals surface area contributed by atoms with Crippen molar-refractivity contribution in [2.75, 3.05) is 12.4 Å². The molecule has 0 bridgehead atoms. The van der Waals surface area contributed by atoms with E-state index in [-0.39, 0.29) is 29.8 Å². The van der Waals surface area contributed by atoms with Gasteiger partial charge in [0.1, 0.15) is 17.2 Å². The highest BCUT2D eigenvalue weighted by Gasteiger charge is 2.43. The molecule has 1 aliphatic rings. The monoisotopic (exact) mass is 354 g/mol. The molecule has 0 saturated carbocycles. The summed E-state index contributed by atoms with van der Waals surface area (Å²) >= 11 is 1.43. The Morgan fingerprint density at radius 2 is 2.25 bits per heavy atom. The van der Waals surface area contributed by atoms with Gasteiger partial charge in [0.05, 0.1) is 6.26 Å². The van der Waals surface area contributed by atoms with E-state index < -0.39 is 12.0 Å². The zero-order valence-electron chi connectivity index (χ0n) is 14.0. The normalized spacial score (nSPS) is 21.4. The summed E-state index contributed by atoms with van der Waals surface area (Å²) in [5, 5.41) is 2.37. The van der Waals surface area contributed by atoms with Gasteiger partial charge in [-0.15, -0.1) is 11.8 Å². The van der Waals surface area contributed by atoms with E-state index in [1.54, 1.807) is 12.1 Å². The highest BCUT2D eigenvalue weighted by atomic mass is 32.2. The molecule has 1 aromatic heterocycles. The molecule has 7 nitrogen and oxygen atoms in total. The van der Waals surface area contributed by atoms with E-state index in [2.05, 4.69) is 5.32 Å². The number of thioether (sulfide) groups is 1. The van der Waals surface area contributed by atoms with Crippen molar-refractivity contribution in [2.45, 2.75) is 44.6 Å². The smallest absolute Gasteiger partial charge is 0.330 e. The van der Waals surface area contributed by atoms with Crippen molar-refractivity contribution in [3.8, 4) is 0 Å². The molecule has 1 aliphatic heterocycles. The third kappa shape index (κ3) is 4.31. The Hall–Kier alpha value is -1.96. The van der Waals surface area contributed by atoms with Crippen molar-refractivity contribution in [2.24, 2.45) is 0 Å². The SMILES string of the molecule is CC[C@H](C)NC(=O)COC(=O)[C@@H]1CS[C@H](c2ccco2)N1C(C)=O. The number of rotatable bonds is 6. The Morgan fingerprint density at radius 1 is 1.50 bits per heavy atom. The summed E-state index contributed by atoms with van der Waals surface area (Å²) in [4.78, 5) is 37.4. The standard InChI is InChI=1S/C16H22N2O5S/c1-4-10(2)17-14(20)8-23-16(21)12-9-24-15(18(12)11(3)19)13-6-5-7-22-13/h5-7,10,12,15H,4,8-9H2,1-3H3,(H,17,20)/t10-,12-,15+/m0/s1. The van der Waals surface area contributed by atoms with Gasteiger partial charge in [0.15, 0.2) is 6.61 Å². The molecular formula is C16H22N2O5S. The number of nitrogens with zero attached hydrogens (tertiary/aromatic N) is 1. The van der Waals surface area contributed by atoms with Crippen LogP contribution in [0.3, 0.4) is 0 Å². The summed E-state index contributed by atoms with van der Waals surface area (Å²) < 4.78 is 10.4. The van der Waals surface area contributed by atoms with E-state index in [0.717, 1.165) is 6.42 Å². The maximum atomic E-state index is 12.3. The molecule has 1 N–H and O–H groups in total. The molecule has 0 spiro atoms. The quantitative estimate of drug-likeness (QED) is 0.782. The van der Waals surface area contributed by atoms with E-state index in [1.807, 2.05) is 13.8 Å². The van der Waals surface area contributed by atoms with Gasteiger partial charge < -0.3 is 19.4 Å². The first-order valence-corrected chi connectivity index (χ1v) is 8.88. The fourth-order valence-corrected chi connectivity index (χ4v) is 3.79. The van der Waals surface area contributed by atoms with Gasteiger partial charge in [-0.1, -0.05) is 6.92 Å². The van der Waals surface area contributed by atoms with Gasteiger partial charge in [0, 0.05) is 18.7 Å². The average Bonchev–Trinajstić information content (AvgIpc) is 3.20. The minimum atomic E-state index is -0.723. The molecule has 2 rings (SSSR count). The summed E-state index contributed by atoms with van der Waals surface area (Å²) in [6.45, 7) is 4.88. The van der Waals surface area contributed by atoms with Gasteiger partial charge in [-0.2, -0.15) is 0 Å². The van der Waals surface area contributed by atoms with Gasteiger partial charge in [-0.05, 0) is 25.5 Å². The lowest BCUT2D eigenvalue weighted by atomic mass is 10.2.